The van der Waals surface area contributed by atoms with Crippen LogP contribution in [0.2, 0.25) is 0 Å². The maximum absolute atomic E-state index is 12.2. The first-order chi connectivity index (χ1) is 6.80. The summed E-state index contributed by atoms with van der Waals surface area (Å²) in [6.45, 7) is 11.2. The lowest BCUT2D eigenvalue weighted by Gasteiger charge is -2.39. The number of rotatable bonds is 2. The topological polar surface area (TPSA) is 17.1 Å². The van der Waals surface area contributed by atoms with Crippen molar-refractivity contribution in [3.63, 3.8) is 0 Å². The van der Waals surface area contributed by atoms with Gasteiger partial charge >= 0.3 is 0 Å². The fraction of sp³-hybridized carbons (Fsp3) is 0.929. The van der Waals surface area contributed by atoms with Gasteiger partial charge in [-0.1, -0.05) is 34.6 Å². The summed E-state index contributed by atoms with van der Waals surface area (Å²) in [6, 6.07) is 0. The third-order valence-electron chi connectivity index (χ3n) is 5.71. The van der Waals surface area contributed by atoms with Crippen LogP contribution in [0.5, 0.6) is 0 Å². The monoisotopic (exact) mass is 208 g/mol. The second kappa shape index (κ2) is 3.09. The Morgan fingerprint density at radius 3 is 2.20 bits per heavy atom. The van der Waals surface area contributed by atoms with Crippen molar-refractivity contribution in [2.45, 2.75) is 53.9 Å². The molecule has 0 radical (unpaired) electrons. The Balaban J connectivity index is 2.30. The molecule has 2 saturated carbocycles. The second-order valence-electron chi connectivity index (χ2n) is 6.72. The van der Waals surface area contributed by atoms with E-state index < -0.39 is 0 Å². The first kappa shape index (κ1) is 11.2. The molecule has 0 aromatic rings. The molecule has 0 aliphatic heterocycles. The smallest absolute Gasteiger partial charge is 0.139 e. The van der Waals surface area contributed by atoms with E-state index >= 15 is 0 Å². The van der Waals surface area contributed by atoms with Crippen LogP contribution in [0.15, 0.2) is 0 Å². The van der Waals surface area contributed by atoms with Crippen LogP contribution in [0.25, 0.3) is 0 Å². The number of fused-ring (bicyclic) bond motifs is 2. The molecule has 1 nitrogen and oxygen atoms in total. The highest BCUT2D eigenvalue weighted by Crippen LogP contribution is 2.68. The summed E-state index contributed by atoms with van der Waals surface area (Å²) in [4.78, 5) is 12.2. The maximum Gasteiger partial charge on any atom is 0.139 e. The second-order valence-corrected chi connectivity index (χ2v) is 6.72. The maximum atomic E-state index is 12.2. The van der Waals surface area contributed by atoms with Crippen LogP contribution in [0.1, 0.15) is 53.9 Å². The number of carbonyl (C=O) groups excluding carboxylic acids is 1. The van der Waals surface area contributed by atoms with Gasteiger partial charge in [-0.25, -0.2) is 0 Å². The van der Waals surface area contributed by atoms with E-state index in [4.69, 9.17) is 0 Å². The van der Waals surface area contributed by atoms with Crippen LogP contribution >= 0.6 is 0 Å². The van der Waals surface area contributed by atoms with Crippen molar-refractivity contribution in [3.05, 3.63) is 0 Å². The minimum Gasteiger partial charge on any atom is -0.299 e. The van der Waals surface area contributed by atoms with E-state index in [1.54, 1.807) is 0 Å². The zero-order valence-electron chi connectivity index (χ0n) is 10.8. The lowest BCUT2D eigenvalue weighted by atomic mass is 9.64. The summed E-state index contributed by atoms with van der Waals surface area (Å²) < 4.78 is 0. The van der Waals surface area contributed by atoms with Crippen LogP contribution in [0, 0.1) is 28.6 Å². The molecule has 0 spiro atoms. The predicted octanol–water partition coefficient (Wildman–Crippen LogP) is 3.67. The van der Waals surface area contributed by atoms with E-state index in [0.29, 0.717) is 17.1 Å². The average molecular weight is 208 g/mol. The highest BCUT2D eigenvalue weighted by Gasteiger charge is 2.62. The molecule has 15 heavy (non-hydrogen) atoms. The van der Waals surface area contributed by atoms with E-state index in [-0.39, 0.29) is 11.3 Å². The quantitative estimate of drug-likeness (QED) is 0.676. The van der Waals surface area contributed by atoms with Crippen LogP contribution < -0.4 is 0 Å². The Hall–Kier alpha value is -0.330. The third kappa shape index (κ3) is 1.24. The van der Waals surface area contributed by atoms with Gasteiger partial charge in [0.1, 0.15) is 5.78 Å². The number of ketones is 1. The lowest BCUT2D eigenvalue weighted by Crippen LogP contribution is -2.37. The lowest BCUT2D eigenvalue weighted by molar-refractivity contribution is -0.130. The van der Waals surface area contributed by atoms with Crippen molar-refractivity contribution in [1.29, 1.82) is 0 Å². The van der Waals surface area contributed by atoms with E-state index in [1.807, 2.05) is 13.8 Å². The minimum absolute atomic E-state index is 0.210. The van der Waals surface area contributed by atoms with Gasteiger partial charge in [0.05, 0.1) is 0 Å². The van der Waals surface area contributed by atoms with E-state index in [9.17, 15) is 4.79 Å². The number of Topliss-reactive ketones (excluding diaryl/α,β-unsaturated/α-hetero) is 1. The zero-order chi connectivity index (χ0) is 11.4. The summed E-state index contributed by atoms with van der Waals surface area (Å²) in [5.74, 6) is 1.84. The van der Waals surface area contributed by atoms with Gasteiger partial charge in [-0.15, -0.1) is 0 Å². The molecule has 0 saturated heterocycles. The Bertz CT molecular complexity index is 290. The van der Waals surface area contributed by atoms with Crippen molar-refractivity contribution >= 4 is 5.78 Å². The van der Waals surface area contributed by atoms with Gasteiger partial charge in [-0.05, 0) is 36.0 Å². The van der Waals surface area contributed by atoms with Gasteiger partial charge in [0, 0.05) is 11.8 Å². The molecule has 1 heteroatoms. The fourth-order valence-corrected chi connectivity index (χ4v) is 4.04. The Kier molecular flexibility index (Phi) is 2.30. The molecule has 86 valence electrons. The Morgan fingerprint density at radius 2 is 1.87 bits per heavy atom. The molecule has 3 atom stereocenters. The molecule has 0 aromatic heterocycles. The van der Waals surface area contributed by atoms with Crippen molar-refractivity contribution in [1.82, 2.24) is 0 Å². The number of hydrogen-bond donors (Lipinski definition) is 0. The normalized spacial score (nSPS) is 42.5. The predicted molar refractivity (Wildman–Crippen MR) is 62.6 cm³/mol. The molecule has 2 aliphatic carbocycles. The largest absolute Gasteiger partial charge is 0.299 e. The van der Waals surface area contributed by atoms with Crippen molar-refractivity contribution < 1.29 is 4.79 Å². The summed E-state index contributed by atoms with van der Waals surface area (Å²) in [6.07, 6.45) is 3.75. The van der Waals surface area contributed by atoms with Crippen LogP contribution in [0.4, 0.5) is 0 Å². The van der Waals surface area contributed by atoms with Crippen molar-refractivity contribution in [2.24, 2.45) is 28.6 Å². The van der Waals surface area contributed by atoms with Crippen molar-refractivity contribution in [3.8, 4) is 0 Å². The SMILES string of the molecule is CC(C)C(=O)[C@@H]1C[C@H]2CC[C@]1(C)C2(C)C. The first-order valence-electron chi connectivity index (χ1n) is 6.34. The van der Waals surface area contributed by atoms with Gasteiger partial charge < -0.3 is 0 Å². The van der Waals surface area contributed by atoms with Gasteiger partial charge in [-0.3, -0.25) is 4.79 Å². The van der Waals surface area contributed by atoms with Crippen molar-refractivity contribution in [2.75, 3.05) is 0 Å². The third-order valence-corrected chi connectivity index (χ3v) is 5.71. The van der Waals surface area contributed by atoms with Gasteiger partial charge in [0.15, 0.2) is 0 Å². The molecule has 0 amide bonds. The molecule has 0 heterocycles. The van der Waals surface area contributed by atoms with Gasteiger partial charge in [-0.2, -0.15) is 0 Å². The highest BCUT2D eigenvalue weighted by atomic mass is 16.1. The molecule has 2 aliphatic rings. The number of hydrogen-bond acceptors (Lipinski definition) is 1. The van der Waals surface area contributed by atoms with E-state index in [2.05, 4.69) is 20.8 Å². The Labute approximate surface area is 93.6 Å². The fourth-order valence-electron chi connectivity index (χ4n) is 4.04. The summed E-state index contributed by atoms with van der Waals surface area (Å²) >= 11 is 0. The summed E-state index contributed by atoms with van der Waals surface area (Å²) in [7, 11) is 0. The van der Waals surface area contributed by atoms with E-state index in [1.165, 1.54) is 12.8 Å². The molecule has 0 aromatic carbocycles. The zero-order valence-corrected chi connectivity index (χ0v) is 10.8. The molecule has 0 unspecified atom stereocenters. The molecule has 2 rings (SSSR count). The van der Waals surface area contributed by atoms with Crippen LogP contribution in [-0.2, 0) is 4.79 Å². The molecule has 2 bridgehead atoms. The molecule has 2 fully saturated rings. The Morgan fingerprint density at radius 1 is 1.27 bits per heavy atom. The molecular formula is C14H24O. The van der Waals surface area contributed by atoms with Crippen LogP contribution in [-0.4, -0.2) is 5.78 Å². The first-order valence-corrected chi connectivity index (χ1v) is 6.34. The number of carbonyl (C=O) groups is 1. The molecular weight excluding hydrogens is 184 g/mol. The minimum atomic E-state index is 0.210. The summed E-state index contributed by atoms with van der Waals surface area (Å²) in [5.41, 5.74) is 0.654. The standard InChI is InChI=1S/C14H24O/c1-9(2)12(15)11-8-10-6-7-14(11,5)13(10,3)4/h9-11H,6-8H2,1-5H3/t10-,11+,14+/m1/s1. The van der Waals surface area contributed by atoms with E-state index in [0.717, 1.165) is 12.3 Å². The highest BCUT2D eigenvalue weighted by molar-refractivity contribution is 5.84. The van der Waals surface area contributed by atoms with Gasteiger partial charge in [0.25, 0.3) is 0 Å². The summed E-state index contributed by atoms with van der Waals surface area (Å²) in [5, 5.41) is 0. The molecule has 0 N–H and O–H groups in total. The average Bonchev–Trinajstić information content (AvgIpc) is 2.47. The van der Waals surface area contributed by atoms with Crippen LogP contribution in [0.3, 0.4) is 0 Å². The van der Waals surface area contributed by atoms with Gasteiger partial charge in [0.2, 0.25) is 0 Å².